The Labute approximate surface area is 74.6 Å². The molecule has 0 N–H and O–H groups in total. The predicted molar refractivity (Wildman–Crippen MR) is 51.2 cm³/mol. The van der Waals surface area contributed by atoms with Crippen molar-refractivity contribution in [3.8, 4) is 0 Å². The van der Waals surface area contributed by atoms with Gasteiger partial charge in [-0.15, -0.1) is 11.3 Å². The number of rotatable bonds is 1. The van der Waals surface area contributed by atoms with Gasteiger partial charge >= 0.3 is 0 Å². The quantitative estimate of drug-likeness (QED) is 0.629. The third-order valence-electron chi connectivity index (χ3n) is 1.96. The summed E-state index contributed by atoms with van der Waals surface area (Å²) in [6.45, 7) is 2.12. The van der Waals surface area contributed by atoms with Crippen molar-refractivity contribution in [2.75, 3.05) is 0 Å². The molecule has 0 aliphatic heterocycles. The molecule has 0 saturated heterocycles. The van der Waals surface area contributed by atoms with Crippen LogP contribution in [0.1, 0.15) is 11.8 Å². The Balaban J connectivity index is 2.73. The predicted octanol–water partition coefficient (Wildman–Crippen LogP) is 3.60. The lowest BCUT2D eigenvalue weighted by Crippen LogP contribution is -1.75. The number of benzene rings is 1. The van der Waals surface area contributed by atoms with Crippen LogP contribution in [0.5, 0.6) is 0 Å². The normalized spacial score (nSPS) is 10.8. The summed E-state index contributed by atoms with van der Waals surface area (Å²) in [5.41, 5.74) is 0. The van der Waals surface area contributed by atoms with E-state index in [0.29, 0.717) is 0 Å². The minimum Gasteiger partial charge on any atom is -0.207 e. The van der Waals surface area contributed by atoms with Crippen molar-refractivity contribution in [2.45, 2.75) is 13.3 Å². The summed E-state index contributed by atoms with van der Waals surface area (Å²) in [5.74, 6) is -0.150. The third kappa shape index (κ3) is 1.12. The molecule has 0 aliphatic carbocycles. The Bertz CT molecular complexity index is 403. The van der Waals surface area contributed by atoms with E-state index in [2.05, 4.69) is 6.92 Å². The molecule has 1 aromatic carbocycles. The Morgan fingerprint density at radius 2 is 2.25 bits per heavy atom. The molecule has 0 spiro atoms. The first-order valence-corrected chi connectivity index (χ1v) is 4.85. The highest BCUT2D eigenvalue weighted by Gasteiger charge is 2.02. The molecule has 0 fully saturated rings. The van der Waals surface area contributed by atoms with Crippen molar-refractivity contribution in [2.24, 2.45) is 0 Å². The van der Waals surface area contributed by atoms with Crippen molar-refractivity contribution in [3.05, 3.63) is 34.3 Å². The lowest BCUT2D eigenvalue weighted by Gasteiger charge is -1.92. The first kappa shape index (κ1) is 7.74. The van der Waals surface area contributed by atoms with Crippen LogP contribution in [0.2, 0.25) is 0 Å². The van der Waals surface area contributed by atoms with Crippen LogP contribution in [0.15, 0.2) is 23.6 Å². The zero-order valence-electron chi connectivity index (χ0n) is 6.80. The molecule has 0 aliphatic rings. The van der Waals surface area contributed by atoms with E-state index in [4.69, 9.17) is 0 Å². The maximum absolute atomic E-state index is 12.8. The lowest BCUT2D eigenvalue weighted by molar-refractivity contribution is 0.630. The number of hydrogen-bond acceptors (Lipinski definition) is 1. The van der Waals surface area contributed by atoms with Gasteiger partial charge in [-0.05, 0) is 34.7 Å². The largest absolute Gasteiger partial charge is 0.207 e. The van der Waals surface area contributed by atoms with Gasteiger partial charge in [-0.2, -0.15) is 0 Å². The average molecular weight is 180 g/mol. The van der Waals surface area contributed by atoms with Crippen LogP contribution in [0, 0.1) is 5.82 Å². The minimum atomic E-state index is -0.150. The maximum Gasteiger partial charge on any atom is 0.123 e. The van der Waals surface area contributed by atoms with Crippen LogP contribution in [0.25, 0.3) is 10.8 Å². The van der Waals surface area contributed by atoms with Crippen molar-refractivity contribution in [1.82, 2.24) is 0 Å². The van der Waals surface area contributed by atoms with Gasteiger partial charge < -0.3 is 0 Å². The van der Waals surface area contributed by atoms with E-state index >= 15 is 0 Å². The van der Waals surface area contributed by atoms with Gasteiger partial charge in [0.05, 0.1) is 0 Å². The summed E-state index contributed by atoms with van der Waals surface area (Å²) >= 11 is 1.70. The molecule has 1 heterocycles. The SMILES string of the molecule is CCc1scc2cc(F)ccc12. The fraction of sp³-hybridized carbons (Fsp3) is 0.200. The van der Waals surface area contributed by atoms with Crippen LogP contribution in [0.4, 0.5) is 4.39 Å². The molecule has 0 bridgehead atoms. The Morgan fingerprint density at radius 1 is 1.42 bits per heavy atom. The molecule has 0 radical (unpaired) electrons. The molecule has 2 aromatic rings. The van der Waals surface area contributed by atoms with Gasteiger partial charge in [0.2, 0.25) is 0 Å². The van der Waals surface area contributed by atoms with Crippen molar-refractivity contribution in [3.63, 3.8) is 0 Å². The van der Waals surface area contributed by atoms with Crippen LogP contribution in [-0.2, 0) is 6.42 Å². The molecule has 0 nitrogen and oxygen atoms in total. The standard InChI is InChI=1S/C10H9FS/c1-2-10-9-4-3-8(11)5-7(9)6-12-10/h3-6H,2H2,1H3. The first-order chi connectivity index (χ1) is 5.81. The number of hydrogen-bond donors (Lipinski definition) is 0. The molecule has 12 heavy (non-hydrogen) atoms. The van der Waals surface area contributed by atoms with Gasteiger partial charge in [0.25, 0.3) is 0 Å². The van der Waals surface area contributed by atoms with E-state index in [0.717, 1.165) is 11.8 Å². The highest BCUT2D eigenvalue weighted by Crippen LogP contribution is 2.26. The first-order valence-electron chi connectivity index (χ1n) is 3.97. The molecular weight excluding hydrogens is 171 g/mol. The molecule has 62 valence electrons. The second-order valence-electron chi connectivity index (χ2n) is 2.74. The van der Waals surface area contributed by atoms with E-state index < -0.39 is 0 Å². The molecule has 2 rings (SSSR count). The molecule has 0 saturated carbocycles. The van der Waals surface area contributed by atoms with Crippen LogP contribution >= 0.6 is 11.3 Å². The van der Waals surface area contributed by atoms with Gasteiger partial charge in [-0.25, -0.2) is 4.39 Å². The van der Waals surface area contributed by atoms with Crippen LogP contribution in [-0.4, -0.2) is 0 Å². The third-order valence-corrected chi connectivity index (χ3v) is 3.13. The fourth-order valence-corrected chi connectivity index (χ4v) is 2.30. The summed E-state index contributed by atoms with van der Waals surface area (Å²) in [6.07, 6.45) is 1.03. The fourth-order valence-electron chi connectivity index (χ4n) is 1.36. The van der Waals surface area contributed by atoms with Crippen LogP contribution in [0.3, 0.4) is 0 Å². The topological polar surface area (TPSA) is 0 Å². The summed E-state index contributed by atoms with van der Waals surface area (Å²) in [4.78, 5) is 1.34. The van der Waals surface area contributed by atoms with Crippen molar-refractivity contribution >= 4 is 22.1 Å². The Hall–Kier alpha value is -0.890. The number of aryl methyl sites for hydroxylation is 1. The number of thiophene rings is 1. The van der Waals surface area contributed by atoms with Crippen molar-refractivity contribution in [1.29, 1.82) is 0 Å². The van der Waals surface area contributed by atoms with E-state index in [1.807, 2.05) is 11.4 Å². The number of fused-ring (bicyclic) bond motifs is 1. The zero-order chi connectivity index (χ0) is 8.55. The molecular formula is C10H9FS. The molecule has 0 atom stereocenters. The molecule has 1 aromatic heterocycles. The monoisotopic (exact) mass is 180 g/mol. The molecule has 2 heteroatoms. The smallest absolute Gasteiger partial charge is 0.123 e. The van der Waals surface area contributed by atoms with Crippen molar-refractivity contribution < 1.29 is 4.39 Å². The number of halogens is 1. The average Bonchev–Trinajstić information content (AvgIpc) is 2.46. The zero-order valence-corrected chi connectivity index (χ0v) is 7.62. The summed E-state index contributed by atoms with van der Waals surface area (Å²) < 4.78 is 12.8. The lowest BCUT2D eigenvalue weighted by atomic mass is 10.1. The summed E-state index contributed by atoms with van der Waals surface area (Å²) in [6, 6.07) is 4.97. The summed E-state index contributed by atoms with van der Waals surface area (Å²) in [7, 11) is 0. The molecule has 0 amide bonds. The van der Waals surface area contributed by atoms with E-state index in [-0.39, 0.29) is 5.82 Å². The van der Waals surface area contributed by atoms with E-state index in [1.165, 1.54) is 16.3 Å². The second-order valence-corrected chi connectivity index (χ2v) is 3.71. The van der Waals surface area contributed by atoms with Gasteiger partial charge in [0.15, 0.2) is 0 Å². The van der Waals surface area contributed by atoms with Gasteiger partial charge in [-0.3, -0.25) is 0 Å². The summed E-state index contributed by atoms with van der Waals surface area (Å²) in [5, 5.41) is 4.23. The van der Waals surface area contributed by atoms with E-state index in [1.54, 1.807) is 17.4 Å². The molecule has 0 unspecified atom stereocenters. The van der Waals surface area contributed by atoms with Gasteiger partial charge in [0.1, 0.15) is 5.82 Å². The van der Waals surface area contributed by atoms with E-state index in [9.17, 15) is 4.39 Å². The van der Waals surface area contributed by atoms with Gasteiger partial charge in [0, 0.05) is 4.88 Å². The Kier molecular flexibility index (Phi) is 1.85. The minimum absolute atomic E-state index is 0.150. The highest BCUT2D eigenvalue weighted by molar-refractivity contribution is 7.11. The maximum atomic E-state index is 12.8. The van der Waals surface area contributed by atoms with Crippen LogP contribution < -0.4 is 0 Å². The second kappa shape index (κ2) is 2.87. The highest BCUT2D eigenvalue weighted by atomic mass is 32.1. The van der Waals surface area contributed by atoms with Gasteiger partial charge in [-0.1, -0.05) is 13.0 Å². The Morgan fingerprint density at radius 3 is 3.00 bits per heavy atom.